The van der Waals surface area contributed by atoms with Gasteiger partial charge in [0.2, 0.25) is 0 Å². The van der Waals surface area contributed by atoms with Crippen molar-refractivity contribution in [3.05, 3.63) is 0 Å². The van der Waals surface area contributed by atoms with Crippen LogP contribution < -0.4 is 5.32 Å². The van der Waals surface area contributed by atoms with Gasteiger partial charge in [-0.3, -0.25) is 4.90 Å². The second-order valence-electron chi connectivity index (χ2n) is 7.13. The maximum Gasteiger partial charge on any atom is 0.00903 e. The summed E-state index contributed by atoms with van der Waals surface area (Å²) in [5.41, 5.74) is 0.405. The number of nitrogens with zero attached hydrogens (tertiary/aromatic N) is 1. The van der Waals surface area contributed by atoms with Crippen LogP contribution in [0, 0.1) is 11.3 Å². The van der Waals surface area contributed by atoms with Crippen molar-refractivity contribution in [3.63, 3.8) is 0 Å². The summed E-state index contributed by atoms with van der Waals surface area (Å²) >= 11 is 0. The Labute approximate surface area is 128 Å². The van der Waals surface area contributed by atoms with Gasteiger partial charge < -0.3 is 5.32 Å². The normalized spacial score (nSPS) is 15.3. The summed E-state index contributed by atoms with van der Waals surface area (Å²) in [5.74, 6) is 0.751. The van der Waals surface area contributed by atoms with Gasteiger partial charge in [-0.2, -0.15) is 0 Å². The molecule has 0 saturated carbocycles. The largest absolute Gasteiger partial charge is 0.316 e. The molecule has 0 aromatic heterocycles. The molecule has 0 amide bonds. The first-order valence-electron chi connectivity index (χ1n) is 8.87. The fourth-order valence-corrected chi connectivity index (χ4v) is 3.36. The molecule has 0 aliphatic rings. The van der Waals surface area contributed by atoms with E-state index in [1.165, 1.54) is 38.8 Å². The van der Waals surface area contributed by atoms with Gasteiger partial charge in [-0.15, -0.1) is 0 Å². The van der Waals surface area contributed by atoms with Gasteiger partial charge in [0.05, 0.1) is 0 Å². The van der Waals surface area contributed by atoms with E-state index >= 15 is 0 Å². The van der Waals surface area contributed by atoms with Crippen LogP contribution in [0.4, 0.5) is 0 Å². The van der Waals surface area contributed by atoms with Gasteiger partial charge in [0.15, 0.2) is 0 Å². The molecule has 2 heteroatoms. The fourth-order valence-electron chi connectivity index (χ4n) is 3.36. The van der Waals surface area contributed by atoms with Crippen LogP contribution in [0.1, 0.15) is 74.1 Å². The number of hydrogen-bond donors (Lipinski definition) is 1. The molecule has 0 fully saturated rings. The Balaban J connectivity index is 4.85. The Bertz CT molecular complexity index is 223. The maximum atomic E-state index is 3.58. The van der Waals surface area contributed by atoms with Crippen LogP contribution in [0.5, 0.6) is 0 Å². The molecule has 1 unspecified atom stereocenters. The third-order valence-electron chi connectivity index (χ3n) is 4.30. The lowest BCUT2D eigenvalue weighted by atomic mass is 9.84. The molecule has 122 valence electrons. The third-order valence-corrected chi connectivity index (χ3v) is 4.30. The Kier molecular flexibility index (Phi) is 10.6. The highest BCUT2D eigenvalue weighted by molar-refractivity contribution is 4.83. The van der Waals surface area contributed by atoms with E-state index in [1.54, 1.807) is 0 Å². The van der Waals surface area contributed by atoms with Crippen LogP contribution in [-0.4, -0.2) is 37.1 Å². The summed E-state index contributed by atoms with van der Waals surface area (Å²) in [7, 11) is 0. The molecule has 0 heterocycles. The number of rotatable bonds is 12. The molecule has 0 saturated heterocycles. The lowest BCUT2D eigenvalue weighted by molar-refractivity contribution is 0.0928. The minimum atomic E-state index is 0.405. The summed E-state index contributed by atoms with van der Waals surface area (Å²) < 4.78 is 0. The van der Waals surface area contributed by atoms with Gasteiger partial charge in [0, 0.05) is 25.7 Å². The van der Waals surface area contributed by atoms with Crippen LogP contribution >= 0.6 is 0 Å². The standard InChI is InChI=1S/C18H40N2/c1-8-12-18(7,14-19-11-4)15-20(13-16(5)6)17(9-2)10-3/h16-17,19H,8-15H2,1-7H3. The molecule has 2 nitrogen and oxygen atoms in total. The average Bonchev–Trinajstić information content (AvgIpc) is 2.37. The van der Waals surface area contributed by atoms with Gasteiger partial charge in [-0.1, -0.05) is 54.9 Å². The zero-order chi connectivity index (χ0) is 15.6. The molecule has 1 atom stereocenters. The van der Waals surface area contributed by atoms with Crippen LogP contribution in [0.2, 0.25) is 0 Å². The second kappa shape index (κ2) is 10.6. The monoisotopic (exact) mass is 284 g/mol. The molecular weight excluding hydrogens is 244 g/mol. The van der Waals surface area contributed by atoms with Gasteiger partial charge in [-0.25, -0.2) is 0 Å². The van der Waals surface area contributed by atoms with Crippen LogP contribution in [0.15, 0.2) is 0 Å². The molecule has 0 aromatic carbocycles. The van der Waals surface area contributed by atoms with Gasteiger partial charge >= 0.3 is 0 Å². The van der Waals surface area contributed by atoms with Crippen molar-refractivity contribution in [1.29, 1.82) is 0 Å². The van der Waals surface area contributed by atoms with E-state index in [9.17, 15) is 0 Å². The Hall–Kier alpha value is -0.0800. The Morgan fingerprint density at radius 2 is 1.65 bits per heavy atom. The molecule has 0 bridgehead atoms. The van der Waals surface area contributed by atoms with E-state index < -0.39 is 0 Å². The van der Waals surface area contributed by atoms with Crippen molar-refractivity contribution in [2.75, 3.05) is 26.2 Å². The summed E-state index contributed by atoms with van der Waals surface area (Å²) in [4.78, 5) is 2.76. The average molecular weight is 285 g/mol. The summed E-state index contributed by atoms with van der Waals surface area (Å²) in [6.45, 7) is 21.0. The maximum absolute atomic E-state index is 3.58. The topological polar surface area (TPSA) is 15.3 Å². The van der Waals surface area contributed by atoms with Crippen molar-refractivity contribution < 1.29 is 0 Å². The van der Waals surface area contributed by atoms with Gasteiger partial charge in [0.25, 0.3) is 0 Å². The van der Waals surface area contributed by atoms with E-state index in [-0.39, 0.29) is 0 Å². The van der Waals surface area contributed by atoms with Crippen molar-refractivity contribution in [1.82, 2.24) is 10.2 Å². The number of hydrogen-bond acceptors (Lipinski definition) is 2. The Morgan fingerprint density at radius 1 is 1.05 bits per heavy atom. The molecule has 20 heavy (non-hydrogen) atoms. The highest BCUT2D eigenvalue weighted by Crippen LogP contribution is 2.26. The van der Waals surface area contributed by atoms with Crippen molar-refractivity contribution >= 4 is 0 Å². The fraction of sp³-hybridized carbons (Fsp3) is 1.00. The minimum Gasteiger partial charge on any atom is -0.316 e. The van der Waals surface area contributed by atoms with Crippen LogP contribution in [0.25, 0.3) is 0 Å². The molecule has 0 aromatic rings. The molecule has 0 aliphatic heterocycles. The highest BCUT2D eigenvalue weighted by Gasteiger charge is 2.28. The Morgan fingerprint density at radius 3 is 2.05 bits per heavy atom. The van der Waals surface area contributed by atoms with Gasteiger partial charge in [-0.05, 0) is 37.1 Å². The predicted octanol–water partition coefficient (Wildman–Crippen LogP) is 4.55. The van der Waals surface area contributed by atoms with E-state index in [0.29, 0.717) is 5.41 Å². The molecule has 0 spiro atoms. The SMILES string of the molecule is CCCC(C)(CNCC)CN(CC(C)C)C(CC)CC. The lowest BCUT2D eigenvalue weighted by Crippen LogP contribution is -2.47. The first-order valence-corrected chi connectivity index (χ1v) is 8.87. The van der Waals surface area contributed by atoms with E-state index in [4.69, 9.17) is 0 Å². The summed E-state index contributed by atoms with van der Waals surface area (Å²) in [6.07, 6.45) is 5.13. The zero-order valence-corrected chi connectivity index (χ0v) is 15.3. The molecule has 1 N–H and O–H groups in total. The van der Waals surface area contributed by atoms with Crippen LogP contribution in [-0.2, 0) is 0 Å². The smallest absolute Gasteiger partial charge is 0.00903 e. The summed E-state index contributed by atoms with van der Waals surface area (Å²) in [5, 5.41) is 3.58. The van der Waals surface area contributed by atoms with Crippen molar-refractivity contribution in [2.45, 2.75) is 80.2 Å². The van der Waals surface area contributed by atoms with E-state index in [0.717, 1.165) is 25.0 Å². The second-order valence-corrected chi connectivity index (χ2v) is 7.13. The highest BCUT2D eigenvalue weighted by atomic mass is 15.2. The lowest BCUT2D eigenvalue weighted by Gasteiger charge is -2.40. The molecule has 0 radical (unpaired) electrons. The minimum absolute atomic E-state index is 0.405. The molecule has 0 aliphatic carbocycles. The molecular formula is C18H40N2. The van der Waals surface area contributed by atoms with E-state index in [1.807, 2.05) is 0 Å². The van der Waals surface area contributed by atoms with Crippen molar-refractivity contribution in [3.8, 4) is 0 Å². The molecule has 0 rings (SSSR count). The van der Waals surface area contributed by atoms with Crippen molar-refractivity contribution in [2.24, 2.45) is 11.3 Å². The first-order chi connectivity index (χ1) is 9.42. The van der Waals surface area contributed by atoms with Gasteiger partial charge in [0.1, 0.15) is 0 Å². The first kappa shape index (κ1) is 19.9. The summed E-state index contributed by atoms with van der Waals surface area (Å²) in [6, 6.07) is 0.746. The number of nitrogens with one attached hydrogen (secondary N) is 1. The predicted molar refractivity (Wildman–Crippen MR) is 92.3 cm³/mol. The quantitative estimate of drug-likeness (QED) is 0.565. The third kappa shape index (κ3) is 7.64. The zero-order valence-electron chi connectivity index (χ0n) is 15.3. The van der Waals surface area contributed by atoms with Crippen LogP contribution in [0.3, 0.4) is 0 Å². The van der Waals surface area contributed by atoms with E-state index in [2.05, 4.69) is 58.7 Å².